The van der Waals surface area contributed by atoms with Crippen molar-refractivity contribution in [2.45, 2.75) is 25.9 Å². The second kappa shape index (κ2) is 8.07. The summed E-state index contributed by atoms with van der Waals surface area (Å²) in [6.07, 6.45) is -0.259. The predicted octanol–water partition coefficient (Wildman–Crippen LogP) is 2.77. The second-order valence-electron chi connectivity index (χ2n) is 7.43. The number of amides is 2. The van der Waals surface area contributed by atoms with Crippen molar-refractivity contribution in [2.24, 2.45) is 0 Å². The third-order valence-corrected chi connectivity index (χ3v) is 5.65. The van der Waals surface area contributed by atoms with Gasteiger partial charge in [0.15, 0.2) is 6.10 Å². The first-order valence-electron chi connectivity index (χ1n) is 9.95. The van der Waals surface area contributed by atoms with Crippen LogP contribution in [0.15, 0.2) is 48.5 Å². The molecule has 0 atom stereocenters. The number of hydrogen-bond acceptors (Lipinski definition) is 4. The van der Waals surface area contributed by atoms with Gasteiger partial charge in [0.2, 0.25) is 11.8 Å². The summed E-state index contributed by atoms with van der Waals surface area (Å²) < 4.78 is 5.79. The summed E-state index contributed by atoms with van der Waals surface area (Å²) in [6, 6.07) is 15.9. The molecule has 4 rings (SSSR count). The van der Waals surface area contributed by atoms with Gasteiger partial charge in [0, 0.05) is 50.7 Å². The lowest BCUT2D eigenvalue weighted by atomic mass is 10.1. The summed E-state index contributed by atoms with van der Waals surface area (Å²) in [4.78, 5) is 39.8. The van der Waals surface area contributed by atoms with Crippen LogP contribution in [0.4, 0.5) is 0 Å². The lowest BCUT2D eigenvalue weighted by Crippen LogP contribution is -2.50. The highest BCUT2D eigenvalue weighted by Gasteiger charge is 2.31. The molecular formula is C23H24N2O4. The Labute approximate surface area is 170 Å². The van der Waals surface area contributed by atoms with E-state index in [-0.39, 0.29) is 30.6 Å². The average Bonchev–Trinajstić information content (AvgIpc) is 3.06. The van der Waals surface area contributed by atoms with Gasteiger partial charge in [-0.1, -0.05) is 48.5 Å². The molecule has 0 unspecified atom stereocenters. The van der Waals surface area contributed by atoms with Gasteiger partial charge in [0.1, 0.15) is 0 Å². The Bertz CT molecular complexity index is 902. The first-order chi connectivity index (χ1) is 14.0. The van der Waals surface area contributed by atoms with Crippen LogP contribution in [0, 0.1) is 0 Å². The van der Waals surface area contributed by atoms with E-state index in [9.17, 15) is 14.4 Å². The van der Waals surface area contributed by atoms with Crippen LogP contribution < -0.4 is 0 Å². The highest BCUT2D eigenvalue weighted by atomic mass is 16.5. The Hall–Kier alpha value is -3.15. The minimum atomic E-state index is -0.427. The highest BCUT2D eigenvalue weighted by molar-refractivity contribution is 5.83. The maximum Gasteiger partial charge on any atom is 0.307 e. The molecule has 1 aliphatic heterocycles. The van der Waals surface area contributed by atoms with Crippen molar-refractivity contribution in [1.82, 2.24) is 9.80 Å². The number of carbonyl (C=O) groups is 3. The molecule has 2 aliphatic rings. The first kappa shape index (κ1) is 19.2. The van der Waals surface area contributed by atoms with Gasteiger partial charge in [-0.05, 0) is 11.1 Å². The molecule has 6 heteroatoms. The van der Waals surface area contributed by atoms with Crippen LogP contribution in [0.5, 0.6) is 0 Å². The summed E-state index contributed by atoms with van der Waals surface area (Å²) in [5.74, 6) is -0.424. The summed E-state index contributed by atoms with van der Waals surface area (Å²) in [5.41, 5.74) is 4.13. The van der Waals surface area contributed by atoms with Crippen LogP contribution in [0.3, 0.4) is 0 Å². The largest absolute Gasteiger partial charge is 0.452 e. The van der Waals surface area contributed by atoms with Crippen LogP contribution in [0.1, 0.15) is 37.0 Å². The zero-order valence-electron chi connectivity index (χ0n) is 16.5. The van der Waals surface area contributed by atoms with Gasteiger partial charge in [0.05, 0.1) is 6.42 Å². The molecule has 1 aliphatic carbocycles. The van der Waals surface area contributed by atoms with Gasteiger partial charge in [-0.3, -0.25) is 14.4 Å². The topological polar surface area (TPSA) is 66.9 Å². The third-order valence-electron chi connectivity index (χ3n) is 5.65. The smallest absolute Gasteiger partial charge is 0.307 e. The van der Waals surface area contributed by atoms with Crippen molar-refractivity contribution < 1.29 is 19.1 Å². The molecule has 1 fully saturated rings. The first-order valence-corrected chi connectivity index (χ1v) is 9.95. The minimum Gasteiger partial charge on any atom is -0.452 e. The Morgan fingerprint density at radius 1 is 0.828 bits per heavy atom. The standard InChI is InChI=1S/C23H24N2O4/c1-16(26)24-12-14-25(15-13-24)21(27)10-11-22(28)29-23-19-8-4-2-6-17(19)18-7-3-5-9-20(18)23/h2-9,23H,10-15H2,1H3. The second-order valence-corrected chi connectivity index (χ2v) is 7.43. The summed E-state index contributed by atoms with van der Waals surface area (Å²) >= 11 is 0. The SMILES string of the molecule is CC(=O)N1CCN(C(=O)CCC(=O)OC2c3ccccc3-c3ccccc32)CC1. The van der Waals surface area contributed by atoms with Gasteiger partial charge >= 0.3 is 5.97 Å². The van der Waals surface area contributed by atoms with E-state index in [1.807, 2.05) is 48.5 Å². The molecule has 0 aromatic heterocycles. The van der Waals surface area contributed by atoms with E-state index >= 15 is 0 Å². The van der Waals surface area contributed by atoms with E-state index in [1.54, 1.807) is 9.80 Å². The van der Waals surface area contributed by atoms with Crippen molar-refractivity contribution in [1.29, 1.82) is 0 Å². The molecular weight excluding hydrogens is 368 g/mol. The molecule has 2 aromatic rings. The van der Waals surface area contributed by atoms with Crippen molar-refractivity contribution in [3.8, 4) is 11.1 Å². The van der Waals surface area contributed by atoms with Crippen LogP contribution in [-0.2, 0) is 19.1 Å². The number of esters is 1. The average molecular weight is 392 g/mol. The minimum absolute atomic E-state index is 0.0257. The third kappa shape index (κ3) is 3.88. The Morgan fingerprint density at radius 3 is 1.90 bits per heavy atom. The molecule has 1 saturated heterocycles. The summed E-state index contributed by atoms with van der Waals surface area (Å²) in [6.45, 7) is 3.64. The van der Waals surface area contributed by atoms with Crippen LogP contribution in [0.2, 0.25) is 0 Å². The summed E-state index contributed by atoms with van der Waals surface area (Å²) in [7, 11) is 0. The van der Waals surface area contributed by atoms with Gasteiger partial charge in [-0.15, -0.1) is 0 Å². The van der Waals surface area contributed by atoms with Gasteiger partial charge in [0.25, 0.3) is 0 Å². The monoisotopic (exact) mass is 392 g/mol. The normalized spacial score (nSPS) is 15.6. The molecule has 0 spiro atoms. The number of ether oxygens (including phenoxy) is 1. The molecule has 1 heterocycles. The van der Waals surface area contributed by atoms with Crippen molar-refractivity contribution in [3.63, 3.8) is 0 Å². The van der Waals surface area contributed by atoms with Crippen LogP contribution >= 0.6 is 0 Å². The van der Waals surface area contributed by atoms with Crippen molar-refractivity contribution in [3.05, 3.63) is 59.7 Å². The quantitative estimate of drug-likeness (QED) is 0.751. The van der Waals surface area contributed by atoms with E-state index in [4.69, 9.17) is 4.74 Å². The maximum atomic E-state index is 12.5. The van der Waals surface area contributed by atoms with E-state index in [1.165, 1.54) is 6.92 Å². The van der Waals surface area contributed by atoms with E-state index in [0.29, 0.717) is 26.2 Å². The van der Waals surface area contributed by atoms with Gasteiger partial charge in [-0.2, -0.15) is 0 Å². The molecule has 6 nitrogen and oxygen atoms in total. The number of benzene rings is 2. The molecule has 2 amide bonds. The Balaban J connectivity index is 1.35. The molecule has 0 N–H and O–H groups in total. The number of fused-ring (bicyclic) bond motifs is 3. The molecule has 29 heavy (non-hydrogen) atoms. The van der Waals surface area contributed by atoms with Gasteiger partial charge < -0.3 is 14.5 Å². The molecule has 150 valence electrons. The zero-order valence-corrected chi connectivity index (χ0v) is 16.5. The Morgan fingerprint density at radius 2 is 1.34 bits per heavy atom. The number of piperazine rings is 1. The van der Waals surface area contributed by atoms with E-state index < -0.39 is 6.10 Å². The summed E-state index contributed by atoms with van der Waals surface area (Å²) in [5, 5.41) is 0. The lowest BCUT2D eigenvalue weighted by Gasteiger charge is -2.34. The fourth-order valence-corrected chi connectivity index (χ4v) is 4.06. The lowest BCUT2D eigenvalue weighted by molar-refractivity contribution is -0.149. The molecule has 0 bridgehead atoms. The number of carbonyl (C=O) groups excluding carboxylic acids is 3. The molecule has 2 aromatic carbocycles. The number of nitrogens with zero attached hydrogens (tertiary/aromatic N) is 2. The molecule has 0 radical (unpaired) electrons. The maximum absolute atomic E-state index is 12.5. The number of hydrogen-bond donors (Lipinski definition) is 0. The fourth-order valence-electron chi connectivity index (χ4n) is 4.06. The van der Waals surface area contributed by atoms with Crippen molar-refractivity contribution in [2.75, 3.05) is 26.2 Å². The van der Waals surface area contributed by atoms with Crippen LogP contribution in [-0.4, -0.2) is 53.8 Å². The number of rotatable bonds is 4. The highest BCUT2D eigenvalue weighted by Crippen LogP contribution is 2.45. The predicted molar refractivity (Wildman–Crippen MR) is 108 cm³/mol. The van der Waals surface area contributed by atoms with Crippen LogP contribution in [0.25, 0.3) is 11.1 Å². The Kier molecular flexibility index (Phi) is 5.34. The van der Waals surface area contributed by atoms with Gasteiger partial charge in [-0.25, -0.2) is 0 Å². The fraction of sp³-hybridized carbons (Fsp3) is 0.348. The van der Waals surface area contributed by atoms with Crippen molar-refractivity contribution >= 4 is 17.8 Å². The molecule has 0 saturated carbocycles. The zero-order chi connectivity index (χ0) is 20.4. The van der Waals surface area contributed by atoms with E-state index in [0.717, 1.165) is 22.3 Å². The van der Waals surface area contributed by atoms with E-state index in [2.05, 4.69) is 0 Å².